The highest BCUT2D eigenvalue weighted by atomic mass is 16.7. The number of methoxy groups -OCH3 is 1. The fraction of sp³-hybridized carbons (Fsp3) is 0.545. The Morgan fingerprint density at radius 1 is 0.950 bits per heavy atom. The summed E-state index contributed by atoms with van der Waals surface area (Å²) in [4.78, 5) is 53.8. The number of aromatic hydroxyl groups is 2. The van der Waals surface area contributed by atoms with Crippen LogP contribution in [-0.2, 0) is 28.6 Å². The van der Waals surface area contributed by atoms with Crippen molar-refractivity contribution in [1.29, 1.82) is 0 Å². The number of carbonyl (C=O) groups is 4. The third kappa shape index (κ3) is 9.57. The number of nitrogens with one attached hydrogen (secondary N) is 1. The normalized spacial score (nSPS) is 29.6. The molecule has 0 saturated heterocycles. The average molecular weight is 840 g/mol. The molecule has 2 amide bonds. The average Bonchev–Trinajstić information content (AvgIpc) is 3.48. The maximum atomic E-state index is 14.5. The maximum absolute atomic E-state index is 14.5. The third-order valence-corrected chi connectivity index (χ3v) is 11.7. The molecule has 2 aromatic carbocycles. The molecule has 0 radical (unpaired) electrons. The monoisotopic (exact) mass is 839 g/mol. The summed E-state index contributed by atoms with van der Waals surface area (Å²) in [6.07, 6.45) is 3.57. The van der Waals surface area contributed by atoms with Gasteiger partial charge in [0.15, 0.2) is 12.4 Å². The number of aliphatic hydroxyl groups is 2. The highest BCUT2D eigenvalue weighted by molar-refractivity contribution is 6.21. The topological polar surface area (TPSA) is 214 Å². The van der Waals surface area contributed by atoms with E-state index in [1.54, 1.807) is 51.9 Å². The van der Waals surface area contributed by atoms with Crippen LogP contribution in [0.4, 0.5) is 5.69 Å². The van der Waals surface area contributed by atoms with Gasteiger partial charge in [-0.05, 0) is 19.9 Å². The smallest absolute Gasteiger partial charge is 0.312 e. The largest absolute Gasteiger partial charge is 0.507 e. The molecule has 0 aliphatic carbocycles. The van der Waals surface area contributed by atoms with Gasteiger partial charge in [0.05, 0.1) is 41.2 Å². The Labute approximate surface area is 351 Å². The van der Waals surface area contributed by atoms with E-state index in [9.17, 15) is 39.6 Å². The summed E-state index contributed by atoms with van der Waals surface area (Å²) in [5.41, 5.74) is -0.0401. The molecule has 5 N–H and O–H groups in total. The van der Waals surface area contributed by atoms with E-state index < -0.39 is 95.5 Å². The molecule has 5 bridgehead atoms. The van der Waals surface area contributed by atoms with Gasteiger partial charge < -0.3 is 49.4 Å². The Bertz CT molecular complexity index is 2040. The number of phenolic OH excluding ortho intramolecular Hbond substituents is 2. The number of hydrazine groups is 1. The first kappa shape index (κ1) is 47.5. The summed E-state index contributed by atoms with van der Waals surface area (Å²) in [7, 11) is 3.03. The summed E-state index contributed by atoms with van der Waals surface area (Å²) in [6.45, 7) is 16.9. The van der Waals surface area contributed by atoms with Crippen LogP contribution in [0.1, 0.15) is 78.2 Å². The minimum atomic E-state index is -2.03. The van der Waals surface area contributed by atoms with E-state index in [4.69, 9.17) is 23.7 Å². The first-order chi connectivity index (χ1) is 28.1. The molecule has 3 aliphatic heterocycles. The van der Waals surface area contributed by atoms with E-state index in [1.807, 2.05) is 13.8 Å². The molecule has 16 heteroatoms. The second-order valence-electron chi connectivity index (χ2n) is 15.7. The molecule has 0 spiro atoms. The van der Waals surface area contributed by atoms with Crippen LogP contribution in [0.3, 0.4) is 0 Å². The standard InChI is InChI=1S/C44H61N3O13/c1-13-47(14-2)46(11)32(49)21-57-31-20-29-39(53)34-33(31)35-41(27(8)38(34)52)60-44(10,42(35)54)58-19-18-30(56-12)24(5)40(59-28(9)48)26(7)37(51)25(6)36(50)22(3)16-15-17-23(4)43(55)45-29/h15-20,22,24-26,30,36-37,40,50-53H,13-14,21H2,1-12H3,(H,45,55)/b16-15+,19-18+,23-17-/t22-,24+,25+,26+,30-,36-,37+,40+,44-/m0/s1. The number of amides is 2. The van der Waals surface area contributed by atoms with Gasteiger partial charge in [0, 0.05) is 87.4 Å². The molecule has 0 fully saturated rings. The van der Waals surface area contributed by atoms with Crippen molar-refractivity contribution in [3.63, 3.8) is 0 Å². The Morgan fingerprint density at radius 3 is 2.20 bits per heavy atom. The molecule has 3 heterocycles. The zero-order chi connectivity index (χ0) is 45.0. The number of hydrogen-bond donors (Lipinski definition) is 5. The number of rotatable bonds is 8. The first-order valence-corrected chi connectivity index (χ1v) is 20.2. The van der Waals surface area contributed by atoms with Crippen LogP contribution in [-0.4, -0.2) is 118 Å². The SMILES string of the molecule is CCN(CC)N(C)C(=O)COc1cc2c(O)c3c(O)c(C)c4c(c13)C(=O)[C@@](C)(O/C=C/[C@H](OC)[C@@H](C)[C@@H](OC(C)=O)[C@H](C)[C@H](O)[C@H](C)[C@@H](O)[C@@H](C)/C=C/C=C(/C)C(=O)N2)O4. The fourth-order valence-electron chi connectivity index (χ4n) is 7.79. The molecule has 0 saturated carbocycles. The van der Waals surface area contributed by atoms with Crippen LogP contribution in [0.25, 0.3) is 10.8 Å². The van der Waals surface area contributed by atoms with Crippen LogP contribution < -0.4 is 14.8 Å². The zero-order valence-electron chi connectivity index (χ0n) is 36.6. The molecule has 0 aromatic heterocycles. The molecule has 0 unspecified atom stereocenters. The number of carbonyl (C=O) groups excluding carboxylic acids is 4. The van der Waals surface area contributed by atoms with Crippen molar-refractivity contribution in [1.82, 2.24) is 10.0 Å². The van der Waals surface area contributed by atoms with Crippen LogP contribution in [0.5, 0.6) is 23.0 Å². The lowest BCUT2D eigenvalue weighted by atomic mass is 9.78. The highest BCUT2D eigenvalue weighted by Gasteiger charge is 2.50. The number of nitrogens with zero attached hydrogens (tertiary/aromatic N) is 2. The van der Waals surface area contributed by atoms with Gasteiger partial charge in [-0.3, -0.25) is 24.2 Å². The van der Waals surface area contributed by atoms with Crippen LogP contribution in [0.15, 0.2) is 42.2 Å². The Hall–Kier alpha value is -5.16. The van der Waals surface area contributed by atoms with Crippen molar-refractivity contribution < 1.29 is 63.3 Å². The number of anilines is 1. The minimum Gasteiger partial charge on any atom is -0.507 e. The number of aliphatic hydroxyl groups excluding tert-OH is 2. The van der Waals surface area contributed by atoms with Crippen molar-refractivity contribution in [3.8, 4) is 23.0 Å². The number of likely N-dealkylation sites (N-methyl/N-ethyl adjacent to an activating group) is 1. The van der Waals surface area contributed by atoms with Gasteiger partial charge in [-0.25, -0.2) is 5.01 Å². The Kier molecular flexibility index (Phi) is 15.4. The quantitative estimate of drug-likeness (QED) is 0.132. The summed E-state index contributed by atoms with van der Waals surface area (Å²) in [5, 5.41) is 51.7. The number of phenols is 2. The lowest BCUT2D eigenvalue weighted by molar-refractivity contribution is -0.160. The van der Waals surface area contributed by atoms with E-state index in [0.717, 1.165) is 0 Å². The first-order valence-electron chi connectivity index (χ1n) is 20.2. The van der Waals surface area contributed by atoms with Crippen molar-refractivity contribution in [2.75, 3.05) is 39.2 Å². The number of hydrogen-bond acceptors (Lipinski definition) is 14. The Balaban J connectivity index is 1.94. The lowest BCUT2D eigenvalue weighted by Gasteiger charge is -2.38. The van der Waals surface area contributed by atoms with Crippen molar-refractivity contribution in [2.45, 2.75) is 99.4 Å². The van der Waals surface area contributed by atoms with Gasteiger partial charge in [-0.1, -0.05) is 59.8 Å². The molecule has 2 aromatic rings. The second-order valence-corrected chi connectivity index (χ2v) is 15.7. The number of esters is 1. The van der Waals surface area contributed by atoms with E-state index in [1.165, 1.54) is 64.3 Å². The van der Waals surface area contributed by atoms with E-state index in [2.05, 4.69) is 5.32 Å². The molecule has 330 valence electrons. The molecule has 16 nitrogen and oxygen atoms in total. The molecular formula is C44H61N3O13. The van der Waals surface area contributed by atoms with Gasteiger partial charge in [0.1, 0.15) is 23.4 Å². The van der Waals surface area contributed by atoms with Gasteiger partial charge >= 0.3 is 11.8 Å². The number of Topliss-reactive ketones (excluding diaryl/α,β-unsaturated/α-hetero) is 1. The van der Waals surface area contributed by atoms with Gasteiger partial charge in [-0.2, -0.15) is 0 Å². The summed E-state index contributed by atoms with van der Waals surface area (Å²) in [5.74, 6) is -8.18. The van der Waals surface area contributed by atoms with Crippen molar-refractivity contribution in [3.05, 3.63) is 53.3 Å². The van der Waals surface area contributed by atoms with Gasteiger partial charge in [0.2, 0.25) is 0 Å². The van der Waals surface area contributed by atoms with Gasteiger partial charge in [0.25, 0.3) is 17.6 Å². The zero-order valence-corrected chi connectivity index (χ0v) is 36.6. The van der Waals surface area contributed by atoms with Crippen LogP contribution in [0, 0.1) is 30.6 Å². The second kappa shape index (κ2) is 19.5. The number of ether oxygens (including phenoxy) is 5. The molecule has 3 aliphatic rings. The van der Waals surface area contributed by atoms with E-state index in [0.29, 0.717) is 13.1 Å². The summed E-state index contributed by atoms with van der Waals surface area (Å²) < 4.78 is 29.8. The third-order valence-electron chi connectivity index (χ3n) is 11.7. The molecule has 60 heavy (non-hydrogen) atoms. The molecule has 9 atom stereocenters. The highest BCUT2D eigenvalue weighted by Crippen LogP contribution is 2.54. The van der Waals surface area contributed by atoms with E-state index >= 15 is 0 Å². The lowest BCUT2D eigenvalue weighted by Crippen LogP contribution is -2.46. The summed E-state index contributed by atoms with van der Waals surface area (Å²) in [6, 6.07) is 1.26. The minimum absolute atomic E-state index is 0.0652. The van der Waals surface area contributed by atoms with Gasteiger partial charge in [-0.15, -0.1) is 0 Å². The number of ketones is 1. The maximum Gasteiger partial charge on any atom is 0.312 e. The number of fused-ring (bicyclic) bond motifs is 14. The Morgan fingerprint density at radius 2 is 1.60 bits per heavy atom. The predicted molar refractivity (Wildman–Crippen MR) is 223 cm³/mol. The van der Waals surface area contributed by atoms with Crippen LogP contribution >= 0.6 is 0 Å². The summed E-state index contributed by atoms with van der Waals surface area (Å²) >= 11 is 0. The van der Waals surface area contributed by atoms with E-state index in [-0.39, 0.29) is 44.7 Å². The predicted octanol–water partition coefficient (Wildman–Crippen LogP) is 5.14. The van der Waals surface area contributed by atoms with Crippen molar-refractivity contribution in [2.24, 2.45) is 23.7 Å². The van der Waals surface area contributed by atoms with Crippen molar-refractivity contribution >= 4 is 40.0 Å². The molecular weight excluding hydrogens is 778 g/mol. The fourth-order valence-corrected chi connectivity index (χ4v) is 7.79. The van der Waals surface area contributed by atoms with Crippen LogP contribution in [0.2, 0.25) is 0 Å². The number of allylic oxidation sites excluding steroid dienone is 2. The number of benzene rings is 2. The molecule has 5 rings (SSSR count).